The Morgan fingerprint density at radius 3 is 2.39 bits per heavy atom. The van der Waals surface area contributed by atoms with Gasteiger partial charge >= 0.3 is 11.9 Å². The molecule has 2 aliphatic rings. The van der Waals surface area contributed by atoms with Gasteiger partial charge in [-0.3, -0.25) is 9.59 Å². The van der Waals surface area contributed by atoms with E-state index in [-0.39, 0.29) is 6.61 Å². The molecule has 152 valence electrons. The van der Waals surface area contributed by atoms with Crippen LogP contribution < -0.4 is 0 Å². The minimum absolute atomic E-state index is 0.0831. The van der Waals surface area contributed by atoms with Crippen molar-refractivity contribution in [3.63, 3.8) is 0 Å². The van der Waals surface area contributed by atoms with E-state index in [2.05, 4.69) is 0 Å². The third-order valence-corrected chi connectivity index (χ3v) is 7.87. The number of fused-ring (bicyclic) bond motifs is 1. The van der Waals surface area contributed by atoms with Gasteiger partial charge in [-0.2, -0.15) is 0 Å². The van der Waals surface area contributed by atoms with Gasteiger partial charge in [0, 0.05) is 14.0 Å². The Morgan fingerprint density at radius 1 is 1.18 bits per heavy atom. The highest BCUT2D eigenvalue weighted by Crippen LogP contribution is 2.47. The number of ether oxygens (including phenoxy) is 3. The summed E-state index contributed by atoms with van der Waals surface area (Å²) in [6, 6.07) is 7.40. The maximum atomic E-state index is 13.1. The van der Waals surface area contributed by atoms with Crippen molar-refractivity contribution < 1.29 is 37.0 Å². The summed E-state index contributed by atoms with van der Waals surface area (Å²) in [4.78, 5) is 37.5. The van der Waals surface area contributed by atoms with Gasteiger partial charge in [-0.15, -0.1) is 0 Å². The van der Waals surface area contributed by atoms with Crippen LogP contribution in [0.2, 0.25) is 0 Å². The molecule has 9 nitrogen and oxygen atoms in total. The zero-order chi connectivity index (χ0) is 20.7. The van der Waals surface area contributed by atoms with Gasteiger partial charge in [0.2, 0.25) is 0 Å². The van der Waals surface area contributed by atoms with Crippen LogP contribution in [0.3, 0.4) is 0 Å². The zero-order valence-electron chi connectivity index (χ0n) is 15.7. The van der Waals surface area contributed by atoms with Crippen LogP contribution in [0.4, 0.5) is 0 Å². The first-order chi connectivity index (χ1) is 13.1. The average Bonchev–Trinajstić information content (AvgIpc) is 2.81. The molecule has 0 N–H and O–H groups in total. The molecule has 0 aromatic heterocycles. The smallest absolute Gasteiger partial charge is 0.331 e. The Morgan fingerprint density at radius 2 is 1.82 bits per heavy atom. The van der Waals surface area contributed by atoms with Crippen LogP contribution in [-0.2, 0) is 45.0 Å². The topological polar surface area (TPSA) is 116 Å². The van der Waals surface area contributed by atoms with Crippen LogP contribution in [0.1, 0.15) is 19.4 Å². The lowest BCUT2D eigenvalue weighted by Crippen LogP contribution is -2.67. The van der Waals surface area contributed by atoms with Crippen LogP contribution in [0.15, 0.2) is 30.3 Å². The van der Waals surface area contributed by atoms with E-state index in [0.29, 0.717) is 5.56 Å². The highest BCUT2D eigenvalue weighted by molar-refractivity contribution is 7.94. The normalized spacial score (nSPS) is 30.3. The maximum absolute atomic E-state index is 13.1. The summed E-state index contributed by atoms with van der Waals surface area (Å²) in [5, 5.41) is -1.32. The minimum atomic E-state index is -4.09. The third-order valence-electron chi connectivity index (χ3n) is 5.12. The summed E-state index contributed by atoms with van der Waals surface area (Å²) in [6.07, 6.45) is -1.20. The molecule has 1 aromatic carbocycles. The molecular weight excluding hydrogens is 390 g/mol. The monoisotopic (exact) mass is 411 g/mol. The number of hydrogen-bond acceptors (Lipinski definition) is 8. The van der Waals surface area contributed by atoms with Crippen molar-refractivity contribution >= 4 is 27.7 Å². The quantitative estimate of drug-likeness (QED) is 0.476. The highest BCUT2D eigenvalue weighted by Gasteiger charge is 2.74. The number of sulfone groups is 1. The Balaban J connectivity index is 1.92. The number of methoxy groups -OCH3 is 1. The zero-order valence-corrected chi connectivity index (χ0v) is 16.5. The van der Waals surface area contributed by atoms with Crippen LogP contribution in [-0.4, -0.2) is 67.1 Å². The molecule has 0 aliphatic carbocycles. The van der Waals surface area contributed by atoms with Crippen molar-refractivity contribution in [2.75, 3.05) is 13.7 Å². The summed E-state index contributed by atoms with van der Waals surface area (Å²) in [5.74, 6) is -2.20. The molecule has 0 unspecified atom stereocenters. The molecule has 0 spiro atoms. The first kappa shape index (κ1) is 20.3. The second kappa shape index (κ2) is 7.17. The van der Waals surface area contributed by atoms with Gasteiger partial charge in [0.15, 0.2) is 27.4 Å². The van der Waals surface area contributed by atoms with Gasteiger partial charge in [0.1, 0.15) is 18.0 Å². The minimum Gasteiger partial charge on any atom is -0.464 e. The van der Waals surface area contributed by atoms with Gasteiger partial charge in [0.25, 0.3) is 5.91 Å². The van der Waals surface area contributed by atoms with Crippen LogP contribution >= 0.6 is 0 Å². The number of β-lactam (4-membered cyclic amide) rings is 1. The van der Waals surface area contributed by atoms with Crippen molar-refractivity contribution in [3.05, 3.63) is 35.9 Å². The number of hydrogen-bond donors (Lipinski definition) is 0. The molecule has 2 saturated heterocycles. The van der Waals surface area contributed by atoms with E-state index in [1.54, 1.807) is 30.3 Å². The molecule has 10 heteroatoms. The molecular formula is C18H21NO8S. The molecule has 2 aliphatic heterocycles. The number of carbonyl (C=O) groups is 3. The molecule has 4 atom stereocenters. The molecule has 1 aromatic rings. The fourth-order valence-corrected chi connectivity index (χ4v) is 5.94. The summed E-state index contributed by atoms with van der Waals surface area (Å²) in [7, 11) is -2.87. The molecule has 28 heavy (non-hydrogen) atoms. The molecule has 3 rings (SSSR count). The summed E-state index contributed by atoms with van der Waals surface area (Å²) < 4.78 is 39.6. The van der Waals surface area contributed by atoms with Gasteiger partial charge < -0.3 is 19.1 Å². The lowest BCUT2D eigenvalue weighted by Gasteiger charge is -2.41. The number of amides is 1. The number of carbonyl (C=O) groups excluding carboxylic acids is 3. The number of benzene rings is 1. The SMILES string of the molecule is CO[C@H]1C(=O)N2[C@@H](C(=O)OCc3ccccc3)[C@@](C)(COC(C)=O)S(=O)(=O)[C@H]12. The van der Waals surface area contributed by atoms with E-state index in [1.165, 1.54) is 14.0 Å². The van der Waals surface area contributed by atoms with E-state index >= 15 is 0 Å². The Bertz CT molecular complexity index is 899. The van der Waals surface area contributed by atoms with Crippen LogP contribution in [0, 0.1) is 0 Å². The van der Waals surface area contributed by atoms with E-state index in [4.69, 9.17) is 14.2 Å². The predicted octanol–water partition coefficient (Wildman–Crippen LogP) is 0.0319. The fourth-order valence-electron chi connectivity index (χ4n) is 3.56. The van der Waals surface area contributed by atoms with Crippen molar-refractivity contribution in [1.29, 1.82) is 0 Å². The van der Waals surface area contributed by atoms with Crippen LogP contribution in [0.25, 0.3) is 0 Å². The van der Waals surface area contributed by atoms with Gasteiger partial charge in [-0.25, -0.2) is 13.2 Å². The first-order valence-corrected chi connectivity index (χ1v) is 10.1. The van der Waals surface area contributed by atoms with E-state index < -0.39 is 56.6 Å². The Kier molecular flexibility index (Phi) is 5.20. The largest absolute Gasteiger partial charge is 0.464 e. The molecule has 2 fully saturated rings. The van der Waals surface area contributed by atoms with Gasteiger partial charge in [-0.1, -0.05) is 30.3 Å². The Hall–Kier alpha value is -2.46. The lowest BCUT2D eigenvalue weighted by molar-refractivity contribution is -0.176. The number of nitrogens with zero attached hydrogens (tertiary/aromatic N) is 1. The second-order valence-corrected chi connectivity index (χ2v) is 9.43. The fraction of sp³-hybridized carbons (Fsp3) is 0.500. The first-order valence-electron chi connectivity index (χ1n) is 8.57. The van der Waals surface area contributed by atoms with Crippen molar-refractivity contribution in [1.82, 2.24) is 4.90 Å². The average molecular weight is 411 g/mol. The van der Waals surface area contributed by atoms with Crippen molar-refractivity contribution in [2.45, 2.75) is 42.7 Å². The molecule has 0 saturated carbocycles. The Labute approximate surface area is 162 Å². The van der Waals surface area contributed by atoms with Crippen LogP contribution in [0.5, 0.6) is 0 Å². The van der Waals surface area contributed by atoms with E-state index in [1.807, 2.05) is 0 Å². The van der Waals surface area contributed by atoms with E-state index in [9.17, 15) is 22.8 Å². The third kappa shape index (κ3) is 2.96. The molecule has 0 bridgehead atoms. The predicted molar refractivity (Wildman–Crippen MR) is 95.4 cm³/mol. The summed E-state index contributed by atoms with van der Waals surface area (Å²) >= 11 is 0. The van der Waals surface area contributed by atoms with E-state index in [0.717, 1.165) is 11.8 Å². The highest BCUT2D eigenvalue weighted by atomic mass is 32.2. The molecule has 1 amide bonds. The molecule has 2 heterocycles. The second-order valence-electron chi connectivity index (χ2n) is 6.93. The lowest BCUT2D eigenvalue weighted by atomic mass is 9.96. The molecule has 0 radical (unpaired) electrons. The van der Waals surface area contributed by atoms with Crippen molar-refractivity contribution in [2.24, 2.45) is 0 Å². The van der Waals surface area contributed by atoms with Gasteiger partial charge in [0.05, 0.1) is 0 Å². The number of rotatable bonds is 6. The summed E-state index contributed by atoms with van der Waals surface area (Å²) in [5.41, 5.74) is 0.708. The van der Waals surface area contributed by atoms with Crippen molar-refractivity contribution in [3.8, 4) is 0 Å². The summed E-state index contributed by atoms with van der Waals surface area (Å²) in [6.45, 7) is 1.75. The van der Waals surface area contributed by atoms with Gasteiger partial charge in [-0.05, 0) is 12.5 Å². The standard InChI is InChI=1S/C18H21NO8S/c1-11(20)27-10-18(2)14(17(22)26-9-12-7-5-4-6-8-12)19-15(21)13(25-3)16(19)28(18,23)24/h4-8,13-14,16H,9-10H2,1-3H3/t13-,14-,16+,18+/m0/s1. The number of esters is 2. The maximum Gasteiger partial charge on any atom is 0.331 e.